The van der Waals surface area contributed by atoms with Gasteiger partial charge in [-0.1, -0.05) is 27.7 Å². The molecule has 0 aliphatic heterocycles. The van der Waals surface area contributed by atoms with Crippen LogP contribution >= 0.6 is 0 Å². The Hall–Kier alpha value is -1.87. The third kappa shape index (κ3) is 2.29. The average Bonchev–Trinajstić information content (AvgIpc) is 2.27. The van der Waals surface area contributed by atoms with Crippen molar-refractivity contribution in [3.8, 4) is 12.1 Å². The highest BCUT2D eigenvalue weighted by Crippen LogP contribution is 2.27. The minimum atomic E-state index is 0.189. The summed E-state index contributed by atoms with van der Waals surface area (Å²) in [6.07, 6.45) is 0. The molecule has 88 valence electrons. The third-order valence-electron chi connectivity index (χ3n) is 2.82. The number of pyridine rings is 1. The van der Waals surface area contributed by atoms with Crippen LogP contribution in [0.4, 0.5) is 0 Å². The summed E-state index contributed by atoms with van der Waals surface area (Å²) in [6, 6.07) is 4.34. The topological polar surface area (TPSA) is 60.5 Å². The molecule has 0 N–H and O–H groups in total. The summed E-state index contributed by atoms with van der Waals surface area (Å²) >= 11 is 0. The monoisotopic (exact) mass is 227 g/mol. The van der Waals surface area contributed by atoms with E-state index in [4.69, 9.17) is 0 Å². The van der Waals surface area contributed by atoms with Crippen LogP contribution in [-0.4, -0.2) is 4.98 Å². The highest BCUT2D eigenvalue weighted by molar-refractivity contribution is 5.53. The summed E-state index contributed by atoms with van der Waals surface area (Å²) in [7, 11) is 0. The molecule has 1 aromatic rings. The second-order valence-electron chi connectivity index (χ2n) is 4.79. The van der Waals surface area contributed by atoms with Crippen molar-refractivity contribution >= 4 is 0 Å². The Morgan fingerprint density at radius 1 is 0.882 bits per heavy atom. The van der Waals surface area contributed by atoms with Crippen LogP contribution < -0.4 is 0 Å². The summed E-state index contributed by atoms with van der Waals surface area (Å²) < 4.78 is 0. The van der Waals surface area contributed by atoms with E-state index in [1.807, 2.05) is 34.6 Å². The second kappa shape index (κ2) is 4.97. The Bertz CT molecular complexity index is 469. The van der Waals surface area contributed by atoms with Gasteiger partial charge in [-0.15, -0.1) is 0 Å². The van der Waals surface area contributed by atoms with Crippen LogP contribution in [0.3, 0.4) is 0 Å². The van der Waals surface area contributed by atoms with E-state index in [9.17, 15) is 10.5 Å². The summed E-state index contributed by atoms with van der Waals surface area (Å²) in [5, 5.41) is 18.4. The van der Waals surface area contributed by atoms with Gasteiger partial charge in [0.1, 0.15) is 12.1 Å². The van der Waals surface area contributed by atoms with Crippen LogP contribution in [0.25, 0.3) is 0 Å². The molecule has 0 unspecified atom stereocenters. The van der Waals surface area contributed by atoms with E-state index in [-0.39, 0.29) is 11.8 Å². The molecule has 0 aliphatic rings. The number of nitrogens with zero attached hydrogens (tertiary/aromatic N) is 3. The summed E-state index contributed by atoms with van der Waals surface area (Å²) in [5.74, 6) is 0.377. The number of hydrogen-bond acceptors (Lipinski definition) is 3. The Balaban J connectivity index is 3.70. The van der Waals surface area contributed by atoms with Crippen molar-refractivity contribution in [3.05, 3.63) is 28.1 Å². The first-order chi connectivity index (χ1) is 7.93. The predicted octanol–water partition coefficient (Wildman–Crippen LogP) is 3.38. The first-order valence-corrected chi connectivity index (χ1v) is 5.78. The standard InChI is InChI=1S/C14H17N3/c1-8(2)13-11(6-15)10(5)12(7-16)14(17-13)9(3)4/h8-9H,1-5H3. The van der Waals surface area contributed by atoms with Crippen LogP contribution in [0, 0.1) is 29.6 Å². The molecule has 17 heavy (non-hydrogen) atoms. The molecular weight excluding hydrogens is 210 g/mol. The number of nitriles is 2. The van der Waals surface area contributed by atoms with Crippen molar-refractivity contribution in [2.75, 3.05) is 0 Å². The van der Waals surface area contributed by atoms with Crippen molar-refractivity contribution in [1.29, 1.82) is 10.5 Å². The minimum absolute atomic E-state index is 0.189. The summed E-state index contributed by atoms with van der Waals surface area (Å²) in [5.41, 5.74) is 3.47. The number of hydrogen-bond donors (Lipinski definition) is 0. The van der Waals surface area contributed by atoms with Gasteiger partial charge in [0.25, 0.3) is 0 Å². The van der Waals surface area contributed by atoms with Gasteiger partial charge >= 0.3 is 0 Å². The molecule has 3 nitrogen and oxygen atoms in total. The van der Waals surface area contributed by atoms with Crippen molar-refractivity contribution in [2.45, 2.75) is 46.5 Å². The minimum Gasteiger partial charge on any atom is -0.255 e. The second-order valence-corrected chi connectivity index (χ2v) is 4.79. The van der Waals surface area contributed by atoms with E-state index < -0.39 is 0 Å². The molecular formula is C14H17N3. The van der Waals surface area contributed by atoms with Crippen LogP contribution in [0.2, 0.25) is 0 Å². The Labute approximate surface area is 103 Å². The average molecular weight is 227 g/mol. The fourth-order valence-electron chi connectivity index (χ4n) is 1.87. The summed E-state index contributed by atoms with van der Waals surface area (Å²) in [6.45, 7) is 9.88. The zero-order valence-corrected chi connectivity index (χ0v) is 11.0. The molecule has 0 bridgehead atoms. The predicted molar refractivity (Wildman–Crippen MR) is 66.6 cm³/mol. The van der Waals surface area contributed by atoms with Crippen LogP contribution in [0.5, 0.6) is 0 Å². The van der Waals surface area contributed by atoms with Gasteiger partial charge in [-0.3, -0.25) is 4.98 Å². The lowest BCUT2D eigenvalue weighted by atomic mass is 9.92. The van der Waals surface area contributed by atoms with E-state index in [0.717, 1.165) is 17.0 Å². The largest absolute Gasteiger partial charge is 0.255 e. The zero-order chi connectivity index (χ0) is 13.2. The van der Waals surface area contributed by atoms with Crippen molar-refractivity contribution in [1.82, 2.24) is 4.98 Å². The Morgan fingerprint density at radius 2 is 1.24 bits per heavy atom. The molecule has 0 fully saturated rings. The lowest BCUT2D eigenvalue weighted by molar-refractivity contribution is 0.755. The third-order valence-corrected chi connectivity index (χ3v) is 2.82. The van der Waals surface area contributed by atoms with E-state index in [0.29, 0.717) is 11.1 Å². The highest BCUT2D eigenvalue weighted by Gasteiger charge is 2.19. The van der Waals surface area contributed by atoms with Crippen molar-refractivity contribution in [3.63, 3.8) is 0 Å². The zero-order valence-electron chi connectivity index (χ0n) is 11.0. The maximum Gasteiger partial charge on any atom is 0.101 e. The smallest absolute Gasteiger partial charge is 0.101 e. The quantitative estimate of drug-likeness (QED) is 0.778. The first kappa shape index (κ1) is 13.2. The van der Waals surface area contributed by atoms with Crippen LogP contribution in [0.15, 0.2) is 0 Å². The normalized spacial score (nSPS) is 10.4. The van der Waals surface area contributed by atoms with E-state index in [1.54, 1.807) is 0 Å². The van der Waals surface area contributed by atoms with Gasteiger partial charge in [0.15, 0.2) is 0 Å². The van der Waals surface area contributed by atoms with Gasteiger partial charge in [-0.25, -0.2) is 0 Å². The molecule has 0 radical (unpaired) electrons. The maximum atomic E-state index is 9.20. The maximum absolute atomic E-state index is 9.20. The number of aromatic nitrogens is 1. The van der Waals surface area contributed by atoms with E-state index >= 15 is 0 Å². The van der Waals surface area contributed by atoms with E-state index in [2.05, 4.69) is 17.1 Å². The molecule has 0 aliphatic carbocycles. The van der Waals surface area contributed by atoms with Crippen LogP contribution in [-0.2, 0) is 0 Å². The lowest BCUT2D eigenvalue weighted by Gasteiger charge is -2.16. The fraction of sp³-hybridized carbons (Fsp3) is 0.500. The summed E-state index contributed by atoms with van der Waals surface area (Å²) in [4.78, 5) is 4.53. The molecule has 0 spiro atoms. The molecule has 0 aromatic carbocycles. The fourth-order valence-corrected chi connectivity index (χ4v) is 1.87. The van der Waals surface area contributed by atoms with Gasteiger partial charge in [0.05, 0.1) is 22.5 Å². The van der Waals surface area contributed by atoms with Crippen molar-refractivity contribution in [2.24, 2.45) is 0 Å². The lowest BCUT2D eigenvalue weighted by Crippen LogP contribution is -2.09. The van der Waals surface area contributed by atoms with Gasteiger partial charge in [0, 0.05) is 0 Å². The van der Waals surface area contributed by atoms with Crippen molar-refractivity contribution < 1.29 is 0 Å². The highest BCUT2D eigenvalue weighted by atomic mass is 14.7. The molecule has 0 saturated heterocycles. The SMILES string of the molecule is Cc1c(C#N)c(C(C)C)nc(C(C)C)c1C#N. The molecule has 1 aromatic heterocycles. The van der Waals surface area contributed by atoms with Gasteiger partial charge < -0.3 is 0 Å². The van der Waals surface area contributed by atoms with Crippen LogP contribution in [0.1, 0.15) is 67.6 Å². The Kier molecular flexibility index (Phi) is 3.86. The molecule has 0 amide bonds. The van der Waals surface area contributed by atoms with E-state index in [1.165, 1.54) is 0 Å². The Morgan fingerprint density at radius 3 is 1.47 bits per heavy atom. The molecule has 1 heterocycles. The molecule has 0 saturated carbocycles. The first-order valence-electron chi connectivity index (χ1n) is 5.78. The number of rotatable bonds is 2. The molecule has 0 atom stereocenters. The van der Waals surface area contributed by atoms with Gasteiger partial charge in [-0.2, -0.15) is 10.5 Å². The molecule has 3 heteroatoms. The van der Waals surface area contributed by atoms with Gasteiger partial charge in [0.2, 0.25) is 0 Å². The van der Waals surface area contributed by atoms with Gasteiger partial charge in [-0.05, 0) is 24.3 Å². The molecule has 1 rings (SSSR count).